The van der Waals surface area contributed by atoms with E-state index in [4.69, 9.17) is 4.74 Å². The maximum absolute atomic E-state index is 9.87. The molecule has 4 nitrogen and oxygen atoms in total. The third kappa shape index (κ3) is 4.70. The quantitative estimate of drug-likeness (QED) is 0.331. The highest BCUT2D eigenvalue weighted by Gasteiger charge is 2.28. The third-order valence-electron chi connectivity index (χ3n) is 5.64. The van der Waals surface area contributed by atoms with Gasteiger partial charge in [0.2, 0.25) is 0 Å². The smallest absolute Gasteiger partial charge is 0.119 e. The highest BCUT2D eigenvalue weighted by Crippen LogP contribution is 2.44. The van der Waals surface area contributed by atoms with Gasteiger partial charge in [0.15, 0.2) is 0 Å². The lowest BCUT2D eigenvalue weighted by molar-refractivity contribution is 0.340. The molecule has 0 amide bonds. The molecule has 1 unspecified atom stereocenters. The summed E-state index contributed by atoms with van der Waals surface area (Å²) in [5.41, 5.74) is 4.18. The Bertz CT molecular complexity index is 1090. The summed E-state index contributed by atoms with van der Waals surface area (Å²) in [6, 6.07) is 29.8. The van der Waals surface area contributed by atoms with Crippen molar-refractivity contribution < 1.29 is 20.1 Å². The highest BCUT2D eigenvalue weighted by molar-refractivity contribution is 5.48. The SMILES string of the molecule is CCOc1ccc(C(c2ccc(O)cc2)C(c2ccc(O)cc2)c2ccc(O)cc2)cc1. The number of rotatable bonds is 7. The summed E-state index contributed by atoms with van der Waals surface area (Å²) in [4.78, 5) is 0. The van der Waals surface area contributed by atoms with Crippen molar-refractivity contribution in [3.8, 4) is 23.0 Å². The molecule has 4 heteroatoms. The van der Waals surface area contributed by atoms with Gasteiger partial charge >= 0.3 is 0 Å². The van der Waals surface area contributed by atoms with Crippen LogP contribution >= 0.6 is 0 Å². The fourth-order valence-corrected chi connectivity index (χ4v) is 4.14. The first kappa shape index (κ1) is 21.3. The molecule has 0 heterocycles. The summed E-state index contributed by atoms with van der Waals surface area (Å²) >= 11 is 0. The first-order chi connectivity index (χ1) is 15.5. The van der Waals surface area contributed by atoms with Gasteiger partial charge in [-0.05, 0) is 77.7 Å². The van der Waals surface area contributed by atoms with Crippen LogP contribution in [-0.2, 0) is 0 Å². The van der Waals surface area contributed by atoms with Gasteiger partial charge in [-0.25, -0.2) is 0 Å². The average Bonchev–Trinajstić information content (AvgIpc) is 2.81. The minimum absolute atomic E-state index is 0.0830. The first-order valence-electron chi connectivity index (χ1n) is 10.6. The molecule has 3 N–H and O–H groups in total. The van der Waals surface area contributed by atoms with E-state index < -0.39 is 0 Å². The summed E-state index contributed by atoms with van der Waals surface area (Å²) in [6.07, 6.45) is 0. The zero-order valence-corrected chi connectivity index (χ0v) is 17.8. The number of phenolic OH excluding ortho intramolecular Hbond substituents is 3. The molecule has 0 aliphatic carbocycles. The Morgan fingerprint density at radius 3 is 1.06 bits per heavy atom. The predicted octanol–water partition coefficient (Wildman–Crippen LogP) is 6.17. The van der Waals surface area contributed by atoms with Gasteiger partial charge in [-0.2, -0.15) is 0 Å². The Kier molecular flexibility index (Phi) is 6.31. The Labute approximate surface area is 188 Å². The monoisotopic (exact) mass is 426 g/mol. The number of aromatic hydroxyl groups is 3. The van der Waals surface area contributed by atoms with Gasteiger partial charge in [0.1, 0.15) is 23.0 Å². The lowest BCUT2D eigenvalue weighted by Gasteiger charge is -2.30. The van der Waals surface area contributed by atoms with Crippen LogP contribution in [0.15, 0.2) is 97.1 Å². The standard InChI is InChI=1S/C28H26O4/c1-2-32-26-17-9-22(10-18-26)28(21-7-15-25(31)16-8-21)27(19-3-11-23(29)12-4-19)20-5-13-24(30)14-6-20/h3-18,27-31H,2H2,1H3. The van der Waals surface area contributed by atoms with Gasteiger partial charge in [-0.15, -0.1) is 0 Å². The molecule has 0 spiro atoms. The lowest BCUT2D eigenvalue weighted by atomic mass is 9.73. The van der Waals surface area contributed by atoms with E-state index in [1.54, 1.807) is 36.4 Å². The average molecular weight is 427 g/mol. The van der Waals surface area contributed by atoms with Crippen molar-refractivity contribution in [2.45, 2.75) is 18.8 Å². The minimum Gasteiger partial charge on any atom is -0.508 e. The first-order valence-corrected chi connectivity index (χ1v) is 10.6. The normalized spacial score (nSPS) is 11.9. The van der Waals surface area contributed by atoms with Crippen LogP contribution < -0.4 is 4.74 Å². The predicted molar refractivity (Wildman–Crippen MR) is 126 cm³/mol. The van der Waals surface area contributed by atoms with Gasteiger partial charge in [-0.1, -0.05) is 48.5 Å². The lowest BCUT2D eigenvalue weighted by Crippen LogP contribution is -2.14. The molecule has 162 valence electrons. The van der Waals surface area contributed by atoms with E-state index in [1.165, 1.54) is 0 Å². The fourth-order valence-electron chi connectivity index (χ4n) is 4.14. The zero-order chi connectivity index (χ0) is 22.5. The summed E-state index contributed by atoms with van der Waals surface area (Å²) in [5.74, 6) is 1.26. The molecule has 1 atom stereocenters. The van der Waals surface area contributed by atoms with Gasteiger partial charge < -0.3 is 20.1 Å². The second-order valence-electron chi connectivity index (χ2n) is 7.73. The van der Waals surface area contributed by atoms with E-state index in [-0.39, 0.29) is 29.1 Å². The largest absolute Gasteiger partial charge is 0.508 e. The number of ether oxygens (including phenoxy) is 1. The van der Waals surface area contributed by atoms with Crippen LogP contribution in [0.4, 0.5) is 0 Å². The molecule has 4 rings (SSSR count). The Morgan fingerprint density at radius 1 is 0.500 bits per heavy atom. The molecular weight excluding hydrogens is 400 g/mol. The molecule has 0 fully saturated rings. The molecule has 32 heavy (non-hydrogen) atoms. The molecule has 0 aromatic heterocycles. The molecule has 0 aliphatic heterocycles. The highest BCUT2D eigenvalue weighted by atomic mass is 16.5. The van der Waals surface area contributed by atoms with Crippen LogP contribution in [0.2, 0.25) is 0 Å². The van der Waals surface area contributed by atoms with Crippen molar-refractivity contribution in [3.63, 3.8) is 0 Å². The summed E-state index contributed by atoms with van der Waals surface area (Å²) in [5, 5.41) is 29.6. The van der Waals surface area contributed by atoms with Gasteiger partial charge in [0.05, 0.1) is 6.61 Å². The Morgan fingerprint density at radius 2 is 0.781 bits per heavy atom. The molecular formula is C28H26O4. The summed E-state index contributed by atoms with van der Waals surface area (Å²) in [6.45, 7) is 2.56. The van der Waals surface area contributed by atoms with Crippen molar-refractivity contribution in [1.29, 1.82) is 0 Å². The van der Waals surface area contributed by atoms with E-state index in [0.717, 1.165) is 28.0 Å². The van der Waals surface area contributed by atoms with Crippen LogP contribution in [0.3, 0.4) is 0 Å². The molecule has 4 aromatic carbocycles. The van der Waals surface area contributed by atoms with E-state index in [0.29, 0.717) is 6.61 Å². The van der Waals surface area contributed by atoms with E-state index in [9.17, 15) is 15.3 Å². The van der Waals surface area contributed by atoms with Crippen molar-refractivity contribution in [2.75, 3.05) is 6.61 Å². The van der Waals surface area contributed by atoms with Crippen LogP contribution in [0.1, 0.15) is 41.0 Å². The maximum Gasteiger partial charge on any atom is 0.119 e. The van der Waals surface area contributed by atoms with Gasteiger partial charge in [0, 0.05) is 11.8 Å². The summed E-state index contributed by atoms with van der Waals surface area (Å²) in [7, 11) is 0. The Hall–Kier alpha value is -3.92. The van der Waals surface area contributed by atoms with Crippen LogP contribution in [-0.4, -0.2) is 21.9 Å². The third-order valence-corrected chi connectivity index (χ3v) is 5.64. The maximum atomic E-state index is 9.87. The van der Waals surface area contributed by atoms with Crippen LogP contribution in [0.25, 0.3) is 0 Å². The molecule has 0 saturated heterocycles. The summed E-state index contributed by atoms with van der Waals surface area (Å²) < 4.78 is 5.63. The van der Waals surface area contributed by atoms with Crippen molar-refractivity contribution in [3.05, 3.63) is 119 Å². The molecule has 0 bridgehead atoms. The van der Waals surface area contributed by atoms with E-state index in [1.807, 2.05) is 55.5 Å². The number of phenols is 3. The Balaban J connectivity index is 1.90. The molecule has 0 saturated carbocycles. The van der Waals surface area contributed by atoms with Crippen LogP contribution in [0, 0.1) is 0 Å². The van der Waals surface area contributed by atoms with Gasteiger partial charge in [-0.3, -0.25) is 0 Å². The number of hydrogen-bond acceptors (Lipinski definition) is 4. The molecule has 0 radical (unpaired) electrons. The van der Waals surface area contributed by atoms with Gasteiger partial charge in [0.25, 0.3) is 0 Å². The fraction of sp³-hybridized carbons (Fsp3) is 0.143. The van der Waals surface area contributed by atoms with Crippen molar-refractivity contribution >= 4 is 0 Å². The topological polar surface area (TPSA) is 69.9 Å². The number of benzene rings is 4. The van der Waals surface area contributed by atoms with E-state index >= 15 is 0 Å². The van der Waals surface area contributed by atoms with Crippen molar-refractivity contribution in [2.24, 2.45) is 0 Å². The number of hydrogen-bond donors (Lipinski definition) is 3. The second kappa shape index (κ2) is 9.48. The van der Waals surface area contributed by atoms with Crippen LogP contribution in [0.5, 0.6) is 23.0 Å². The zero-order valence-electron chi connectivity index (χ0n) is 17.8. The molecule has 4 aromatic rings. The minimum atomic E-state index is -0.0984. The van der Waals surface area contributed by atoms with E-state index in [2.05, 4.69) is 12.1 Å². The van der Waals surface area contributed by atoms with Crippen molar-refractivity contribution in [1.82, 2.24) is 0 Å². The molecule has 0 aliphatic rings. The second-order valence-corrected chi connectivity index (χ2v) is 7.73.